The van der Waals surface area contributed by atoms with Crippen LogP contribution in [0.15, 0.2) is 36.7 Å². The van der Waals surface area contributed by atoms with Gasteiger partial charge in [0, 0.05) is 31.4 Å². The van der Waals surface area contributed by atoms with Crippen LogP contribution in [0.2, 0.25) is 0 Å². The summed E-state index contributed by atoms with van der Waals surface area (Å²) >= 11 is 0. The lowest BCUT2D eigenvalue weighted by molar-refractivity contribution is -0.132. The standard InChI is InChI=1S/C18H23N3O/c1-13(2)21-12-14(10-19-21)11-20(3)18(22)17-9-8-15-6-4-5-7-16(15)17/h4-7,10,12-13,17H,8-9,11H2,1-3H3. The first kappa shape index (κ1) is 14.8. The van der Waals surface area contributed by atoms with E-state index in [1.165, 1.54) is 11.1 Å². The summed E-state index contributed by atoms with van der Waals surface area (Å²) in [5, 5.41) is 4.34. The Kier molecular flexibility index (Phi) is 4.01. The molecule has 0 saturated heterocycles. The molecule has 4 heteroatoms. The van der Waals surface area contributed by atoms with Crippen LogP contribution in [0.3, 0.4) is 0 Å². The lowest BCUT2D eigenvalue weighted by atomic mass is 10.00. The summed E-state index contributed by atoms with van der Waals surface area (Å²) in [6, 6.07) is 8.65. The fraction of sp³-hybridized carbons (Fsp3) is 0.444. The highest BCUT2D eigenvalue weighted by Gasteiger charge is 2.30. The van der Waals surface area contributed by atoms with E-state index < -0.39 is 0 Å². The fourth-order valence-corrected chi connectivity index (χ4v) is 3.17. The maximum absolute atomic E-state index is 12.8. The largest absolute Gasteiger partial charge is 0.341 e. The molecule has 0 spiro atoms. The zero-order chi connectivity index (χ0) is 15.7. The van der Waals surface area contributed by atoms with Gasteiger partial charge < -0.3 is 4.90 Å². The van der Waals surface area contributed by atoms with Crippen LogP contribution in [0.4, 0.5) is 0 Å². The van der Waals surface area contributed by atoms with Crippen LogP contribution in [0.25, 0.3) is 0 Å². The number of fused-ring (bicyclic) bond motifs is 1. The molecule has 116 valence electrons. The summed E-state index contributed by atoms with van der Waals surface area (Å²) in [6.07, 6.45) is 5.81. The van der Waals surface area contributed by atoms with E-state index in [2.05, 4.69) is 37.1 Å². The molecule has 1 heterocycles. The van der Waals surface area contributed by atoms with E-state index in [1.807, 2.05) is 35.1 Å². The second-order valence-electron chi connectivity index (χ2n) is 6.41. The second kappa shape index (κ2) is 5.95. The third kappa shape index (κ3) is 2.78. The summed E-state index contributed by atoms with van der Waals surface area (Å²) in [4.78, 5) is 14.6. The Morgan fingerprint density at radius 2 is 2.18 bits per heavy atom. The van der Waals surface area contributed by atoms with Gasteiger partial charge in [-0.25, -0.2) is 0 Å². The molecule has 0 bridgehead atoms. The maximum atomic E-state index is 12.8. The van der Waals surface area contributed by atoms with Crippen molar-refractivity contribution >= 4 is 5.91 Å². The van der Waals surface area contributed by atoms with Crippen molar-refractivity contribution in [2.24, 2.45) is 0 Å². The Labute approximate surface area is 131 Å². The molecule has 1 aliphatic carbocycles. The number of likely N-dealkylation sites (N-methyl/N-ethyl adjacent to an activating group) is 1. The van der Waals surface area contributed by atoms with E-state index in [-0.39, 0.29) is 11.8 Å². The van der Waals surface area contributed by atoms with Crippen LogP contribution in [0, 0.1) is 0 Å². The molecule has 0 saturated carbocycles. The van der Waals surface area contributed by atoms with E-state index >= 15 is 0 Å². The zero-order valence-corrected chi connectivity index (χ0v) is 13.5. The van der Waals surface area contributed by atoms with Crippen LogP contribution in [-0.4, -0.2) is 27.6 Å². The molecule has 0 N–H and O–H groups in total. The number of rotatable bonds is 4. The Morgan fingerprint density at radius 3 is 2.91 bits per heavy atom. The Balaban J connectivity index is 1.70. The monoisotopic (exact) mass is 297 g/mol. The molecule has 0 fully saturated rings. The van der Waals surface area contributed by atoms with Crippen LogP contribution in [-0.2, 0) is 17.8 Å². The molecule has 2 aromatic rings. The molecule has 0 radical (unpaired) electrons. The van der Waals surface area contributed by atoms with Crippen molar-refractivity contribution in [2.75, 3.05) is 7.05 Å². The minimum absolute atomic E-state index is 0.0151. The minimum atomic E-state index is 0.0151. The molecule has 1 unspecified atom stereocenters. The van der Waals surface area contributed by atoms with Gasteiger partial charge >= 0.3 is 0 Å². The van der Waals surface area contributed by atoms with E-state index in [1.54, 1.807) is 0 Å². The smallest absolute Gasteiger partial charge is 0.230 e. The summed E-state index contributed by atoms with van der Waals surface area (Å²) in [5.41, 5.74) is 3.61. The molecule has 3 rings (SSSR count). The van der Waals surface area contributed by atoms with E-state index in [9.17, 15) is 4.79 Å². The highest BCUT2D eigenvalue weighted by atomic mass is 16.2. The predicted octanol–water partition coefficient (Wildman–Crippen LogP) is 3.15. The summed E-state index contributed by atoms with van der Waals surface area (Å²) in [7, 11) is 1.88. The van der Waals surface area contributed by atoms with Crippen molar-refractivity contribution in [3.8, 4) is 0 Å². The van der Waals surface area contributed by atoms with E-state index in [4.69, 9.17) is 0 Å². The van der Waals surface area contributed by atoms with Crippen molar-refractivity contribution in [2.45, 2.75) is 45.2 Å². The average Bonchev–Trinajstić information content (AvgIpc) is 3.13. The molecule has 1 aromatic heterocycles. The SMILES string of the molecule is CC(C)n1cc(CN(C)C(=O)C2CCc3ccccc32)cn1. The van der Waals surface area contributed by atoms with Crippen molar-refractivity contribution in [1.82, 2.24) is 14.7 Å². The van der Waals surface area contributed by atoms with Gasteiger partial charge in [-0.1, -0.05) is 24.3 Å². The fourth-order valence-electron chi connectivity index (χ4n) is 3.17. The van der Waals surface area contributed by atoms with Crippen LogP contribution >= 0.6 is 0 Å². The average molecular weight is 297 g/mol. The molecule has 0 aliphatic heterocycles. The van der Waals surface area contributed by atoms with Gasteiger partial charge in [0.25, 0.3) is 0 Å². The zero-order valence-electron chi connectivity index (χ0n) is 13.5. The number of carbonyl (C=O) groups is 1. The molecule has 22 heavy (non-hydrogen) atoms. The topological polar surface area (TPSA) is 38.1 Å². The van der Waals surface area contributed by atoms with Gasteiger partial charge in [-0.15, -0.1) is 0 Å². The van der Waals surface area contributed by atoms with Crippen molar-refractivity contribution < 1.29 is 4.79 Å². The van der Waals surface area contributed by atoms with E-state index in [0.29, 0.717) is 12.6 Å². The Bertz CT molecular complexity index is 674. The van der Waals surface area contributed by atoms with Gasteiger partial charge in [-0.3, -0.25) is 9.48 Å². The lowest BCUT2D eigenvalue weighted by Crippen LogP contribution is -2.30. The first-order valence-electron chi connectivity index (χ1n) is 7.92. The molecular formula is C18H23N3O. The normalized spacial score (nSPS) is 16.8. The van der Waals surface area contributed by atoms with Gasteiger partial charge in [0.1, 0.15) is 0 Å². The molecule has 4 nitrogen and oxygen atoms in total. The quantitative estimate of drug-likeness (QED) is 0.869. The lowest BCUT2D eigenvalue weighted by Gasteiger charge is -2.21. The molecule has 1 atom stereocenters. The number of carbonyl (C=O) groups excluding carboxylic acids is 1. The third-order valence-electron chi connectivity index (χ3n) is 4.41. The number of aromatic nitrogens is 2. The number of hydrogen-bond donors (Lipinski definition) is 0. The molecule has 1 aromatic carbocycles. The van der Waals surface area contributed by atoms with Gasteiger partial charge in [-0.2, -0.15) is 5.10 Å². The third-order valence-corrected chi connectivity index (χ3v) is 4.41. The van der Waals surface area contributed by atoms with Crippen molar-refractivity contribution in [3.05, 3.63) is 53.3 Å². The summed E-state index contributed by atoms with van der Waals surface area (Å²) < 4.78 is 1.93. The molecular weight excluding hydrogens is 274 g/mol. The van der Waals surface area contributed by atoms with Gasteiger partial charge in [-0.05, 0) is 37.8 Å². The highest BCUT2D eigenvalue weighted by Crippen LogP contribution is 2.34. The second-order valence-corrected chi connectivity index (χ2v) is 6.41. The number of hydrogen-bond acceptors (Lipinski definition) is 2. The number of amides is 1. The first-order valence-corrected chi connectivity index (χ1v) is 7.92. The maximum Gasteiger partial charge on any atom is 0.230 e. The van der Waals surface area contributed by atoms with Gasteiger partial charge in [0.05, 0.1) is 12.1 Å². The number of benzene rings is 1. The Hall–Kier alpha value is -2.10. The predicted molar refractivity (Wildman–Crippen MR) is 86.6 cm³/mol. The van der Waals surface area contributed by atoms with Crippen molar-refractivity contribution in [3.63, 3.8) is 0 Å². The van der Waals surface area contributed by atoms with E-state index in [0.717, 1.165) is 18.4 Å². The molecule has 1 aliphatic rings. The van der Waals surface area contributed by atoms with Crippen molar-refractivity contribution in [1.29, 1.82) is 0 Å². The summed E-state index contributed by atoms with van der Waals surface area (Å²) in [5.74, 6) is 0.226. The van der Waals surface area contributed by atoms with Gasteiger partial charge in [0.15, 0.2) is 0 Å². The molecule has 1 amide bonds. The number of aryl methyl sites for hydroxylation is 1. The minimum Gasteiger partial charge on any atom is -0.341 e. The van der Waals surface area contributed by atoms with Gasteiger partial charge in [0.2, 0.25) is 5.91 Å². The first-order chi connectivity index (χ1) is 10.6. The van der Waals surface area contributed by atoms with Crippen LogP contribution in [0.1, 0.15) is 48.9 Å². The van der Waals surface area contributed by atoms with Crippen LogP contribution in [0.5, 0.6) is 0 Å². The number of nitrogens with zero attached hydrogens (tertiary/aromatic N) is 3. The van der Waals surface area contributed by atoms with Crippen LogP contribution < -0.4 is 0 Å². The summed E-state index contributed by atoms with van der Waals surface area (Å²) in [6.45, 7) is 4.81. The Morgan fingerprint density at radius 1 is 1.41 bits per heavy atom. The highest BCUT2D eigenvalue weighted by molar-refractivity contribution is 5.84.